The maximum absolute atomic E-state index is 13.9. The number of hydrogen-bond donors (Lipinski definition) is 1. The van der Waals surface area contributed by atoms with Crippen molar-refractivity contribution in [3.05, 3.63) is 78.4 Å². The van der Waals surface area contributed by atoms with Crippen molar-refractivity contribution in [1.82, 2.24) is 14.1 Å². The molecule has 2 saturated heterocycles. The summed E-state index contributed by atoms with van der Waals surface area (Å²) in [6.07, 6.45) is 1.48. The Balaban J connectivity index is 1.26. The van der Waals surface area contributed by atoms with E-state index in [-0.39, 0.29) is 42.5 Å². The highest BCUT2D eigenvalue weighted by atomic mass is 32.2. The molecule has 3 heterocycles. The fraction of sp³-hybridized carbons (Fsp3) is 0.419. The number of nitrogens with zero attached hydrogens (tertiary/aromatic N) is 2. The van der Waals surface area contributed by atoms with E-state index in [1.807, 2.05) is 60.7 Å². The third kappa shape index (κ3) is 8.79. The number of sulfonamides is 2. The number of hydroxylamine groups is 1. The van der Waals surface area contributed by atoms with E-state index in [4.69, 9.17) is 14.3 Å². The average Bonchev–Trinajstić information content (AvgIpc) is 3.59. The lowest BCUT2D eigenvalue weighted by Crippen LogP contribution is -2.61. The third-order valence-electron chi connectivity index (χ3n) is 7.65. The van der Waals surface area contributed by atoms with Crippen molar-refractivity contribution >= 4 is 43.3 Å². The second-order valence-corrected chi connectivity index (χ2v) is 16.2. The van der Waals surface area contributed by atoms with Gasteiger partial charge in [-0.3, -0.25) is 9.59 Å². The lowest BCUT2D eigenvalue weighted by molar-refractivity contribution is -0.202. The minimum atomic E-state index is -4.19. The van der Waals surface area contributed by atoms with Crippen LogP contribution in [0.3, 0.4) is 0 Å². The Labute approximate surface area is 273 Å². The van der Waals surface area contributed by atoms with E-state index in [9.17, 15) is 26.4 Å². The first-order chi connectivity index (χ1) is 22.1. The molecule has 0 saturated carbocycles. The van der Waals surface area contributed by atoms with Crippen LogP contribution in [0.1, 0.15) is 37.7 Å². The molecule has 5 rings (SSSR count). The fourth-order valence-electron chi connectivity index (χ4n) is 5.16. The minimum Gasteiger partial charge on any atom is -0.461 e. The van der Waals surface area contributed by atoms with Crippen molar-refractivity contribution < 1.29 is 40.7 Å². The van der Waals surface area contributed by atoms with Gasteiger partial charge in [0.05, 0.1) is 5.75 Å². The van der Waals surface area contributed by atoms with Gasteiger partial charge < -0.3 is 9.47 Å². The van der Waals surface area contributed by atoms with E-state index < -0.39 is 50.8 Å². The van der Waals surface area contributed by atoms with Crippen LogP contribution in [-0.2, 0) is 50.6 Å². The topological polar surface area (TPSA) is 149 Å². The number of hydrogen-bond acceptors (Lipinski definition) is 10. The van der Waals surface area contributed by atoms with Gasteiger partial charge in [-0.1, -0.05) is 60.7 Å². The van der Waals surface area contributed by atoms with E-state index in [0.717, 1.165) is 48.8 Å². The predicted octanol–water partition coefficient (Wildman–Crippen LogP) is 3.52. The average molecular weight is 692 g/mol. The molecule has 2 aliphatic rings. The largest absolute Gasteiger partial charge is 0.461 e. The molecule has 46 heavy (non-hydrogen) atoms. The number of carbonyl (C=O) groups is 2. The van der Waals surface area contributed by atoms with Crippen molar-refractivity contribution in [2.75, 3.05) is 32.0 Å². The van der Waals surface area contributed by atoms with Crippen LogP contribution in [-0.4, -0.2) is 81.6 Å². The zero-order valence-corrected chi connectivity index (χ0v) is 27.6. The van der Waals surface area contributed by atoms with Crippen LogP contribution < -0.4 is 5.48 Å². The van der Waals surface area contributed by atoms with Gasteiger partial charge >= 0.3 is 5.97 Å². The summed E-state index contributed by atoms with van der Waals surface area (Å²) in [6, 6.07) is 20.2. The molecule has 248 valence electrons. The predicted molar refractivity (Wildman–Crippen MR) is 171 cm³/mol. The molecule has 0 bridgehead atoms. The van der Waals surface area contributed by atoms with Crippen molar-refractivity contribution in [2.24, 2.45) is 0 Å². The number of thiophene rings is 1. The number of amides is 1. The normalized spacial score (nSPS) is 19.8. The number of benzene rings is 2. The highest BCUT2D eigenvalue weighted by Crippen LogP contribution is 2.34. The molecular formula is C31H37N3O9S3. The molecule has 2 aromatic carbocycles. The Morgan fingerprint density at radius 1 is 0.935 bits per heavy atom. The molecule has 2 aliphatic heterocycles. The maximum atomic E-state index is 13.9. The summed E-state index contributed by atoms with van der Waals surface area (Å²) in [5, 5.41) is 0. The van der Waals surface area contributed by atoms with Crippen molar-refractivity contribution in [3.63, 3.8) is 0 Å². The van der Waals surface area contributed by atoms with Crippen LogP contribution in [0.15, 0.2) is 77.0 Å². The van der Waals surface area contributed by atoms with Crippen LogP contribution in [0.25, 0.3) is 10.4 Å². The molecule has 1 amide bonds. The van der Waals surface area contributed by atoms with Crippen LogP contribution in [0.4, 0.5) is 0 Å². The molecule has 3 aromatic rings. The van der Waals surface area contributed by atoms with Gasteiger partial charge in [0.2, 0.25) is 10.0 Å². The lowest BCUT2D eigenvalue weighted by atomic mass is 10.2. The molecule has 1 aromatic heterocycles. The molecule has 2 fully saturated rings. The highest BCUT2D eigenvalue weighted by molar-refractivity contribution is 7.91. The summed E-state index contributed by atoms with van der Waals surface area (Å²) in [6.45, 7) is -0.272. The molecule has 2 atom stereocenters. The summed E-state index contributed by atoms with van der Waals surface area (Å²) in [5.41, 5.74) is 3.98. The van der Waals surface area contributed by atoms with E-state index in [1.165, 1.54) is 6.07 Å². The number of piperazine rings is 1. The molecule has 0 aliphatic carbocycles. The zero-order valence-electron chi connectivity index (χ0n) is 25.2. The van der Waals surface area contributed by atoms with Gasteiger partial charge in [-0.05, 0) is 42.5 Å². The summed E-state index contributed by atoms with van der Waals surface area (Å²) >= 11 is 1.07. The van der Waals surface area contributed by atoms with Crippen molar-refractivity contribution in [2.45, 2.75) is 55.3 Å². The Bertz CT molecular complexity index is 1680. The van der Waals surface area contributed by atoms with Crippen LogP contribution in [0.2, 0.25) is 0 Å². The van der Waals surface area contributed by atoms with Gasteiger partial charge in [-0.15, -0.1) is 11.3 Å². The van der Waals surface area contributed by atoms with E-state index in [1.54, 1.807) is 6.07 Å². The van der Waals surface area contributed by atoms with Gasteiger partial charge in [-0.25, -0.2) is 27.2 Å². The number of nitrogens with one attached hydrogen (secondary N) is 1. The number of ether oxygens (including phenoxy) is 2. The van der Waals surface area contributed by atoms with Gasteiger partial charge in [0.15, 0.2) is 6.29 Å². The first-order valence-electron chi connectivity index (χ1n) is 15.0. The molecule has 1 unspecified atom stereocenters. The molecule has 12 nitrogen and oxygen atoms in total. The quantitative estimate of drug-likeness (QED) is 0.210. The molecular weight excluding hydrogens is 655 g/mol. The van der Waals surface area contributed by atoms with Crippen molar-refractivity contribution in [1.29, 1.82) is 0 Å². The molecule has 0 radical (unpaired) electrons. The zero-order chi connectivity index (χ0) is 32.6. The Morgan fingerprint density at radius 3 is 2.39 bits per heavy atom. The molecule has 0 spiro atoms. The van der Waals surface area contributed by atoms with E-state index >= 15 is 0 Å². The van der Waals surface area contributed by atoms with E-state index in [2.05, 4.69) is 5.48 Å². The number of rotatable bonds is 13. The van der Waals surface area contributed by atoms with Gasteiger partial charge in [-0.2, -0.15) is 8.61 Å². The first-order valence-corrected chi connectivity index (χ1v) is 18.9. The van der Waals surface area contributed by atoms with Crippen LogP contribution in [0.5, 0.6) is 0 Å². The Kier molecular flexibility index (Phi) is 11.6. The Hall–Kier alpha value is -3.18. The standard InChI is InChI=1S/C31H37N3O9S3/c35-28(42-23-24-10-3-1-4-11-24)14-9-21-45(37,38)33-18-19-34(26(22-33)31(36)32-43-29-15-7-8-20-41-29)46(39,40)30-17-16-27(44-30)25-12-5-2-6-13-25/h1-6,10-13,16-17,26,29H,7-9,14-15,18-23H2,(H,32,36)/t26-,29?/m1/s1. The Morgan fingerprint density at radius 2 is 1.67 bits per heavy atom. The second kappa shape index (κ2) is 15.6. The first kappa shape index (κ1) is 34.2. The van der Waals surface area contributed by atoms with E-state index in [0.29, 0.717) is 13.0 Å². The lowest BCUT2D eigenvalue weighted by Gasteiger charge is -2.38. The summed E-state index contributed by atoms with van der Waals surface area (Å²) < 4.78 is 67.3. The van der Waals surface area contributed by atoms with Crippen LogP contribution >= 0.6 is 11.3 Å². The highest BCUT2D eigenvalue weighted by Gasteiger charge is 2.44. The summed E-state index contributed by atoms with van der Waals surface area (Å²) in [5.74, 6) is -1.70. The van der Waals surface area contributed by atoms with Crippen molar-refractivity contribution in [3.8, 4) is 10.4 Å². The molecule has 1 N–H and O–H groups in total. The van der Waals surface area contributed by atoms with Gasteiger partial charge in [0.1, 0.15) is 16.9 Å². The number of carbonyl (C=O) groups excluding carboxylic acids is 2. The molecule has 15 heteroatoms. The monoisotopic (exact) mass is 691 g/mol. The third-order valence-corrected chi connectivity index (χ3v) is 13.1. The number of esters is 1. The summed E-state index contributed by atoms with van der Waals surface area (Å²) in [7, 11) is -8.14. The second-order valence-electron chi connectivity index (χ2n) is 10.9. The SMILES string of the molecule is O=C(CCCS(=O)(=O)N1CCN(S(=O)(=O)c2ccc(-c3ccccc3)s2)[C@@H](C(=O)NOC2CCCCO2)C1)OCc1ccccc1. The minimum absolute atomic E-state index is 0.00488. The maximum Gasteiger partial charge on any atom is 0.306 e. The van der Waals surface area contributed by atoms with Gasteiger partial charge in [0.25, 0.3) is 15.9 Å². The van der Waals surface area contributed by atoms with Crippen LogP contribution in [0, 0.1) is 0 Å². The van der Waals surface area contributed by atoms with Gasteiger partial charge in [0, 0.05) is 44.0 Å². The smallest absolute Gasteiger partial charge is 0.306 e. The summed E-state index contributed by atoms with van der Waals surface area (Å²) in [4.78, 5) is 31.8. The fourth-order valence-corrected chi connectivity index (χ4v) is 9.67.